The molecule has 1 heterocycles. The summed E-state index contributed by atoms with van der Waals surface area (Å²) < 4.78 is 21.6. The molecule has 0 radical (unpaired) electrons. The minimum absolute atomic E-state index is 0.0203. The van der Waals surface area contributed by atoms with Gasteiger partial charge in [-0.1, -0.05) is 0 Å². The Morgan fingerprint density at radius 2 is 1.73 bits per heavy atom. The molecule has 0 spiro atoms. The number of esters is 1. The zero-order chi connectivity index (χ0) is 25.0. The first-order chi connectivity index (χ1) is 15.2. The molecule has 0 bridgehead atoms. The highest BCUT2D eigenvalue weighted by Gasteiger charge is 2.37. The summed E-state index contributed by atoms with van der Waals surface area (Å²) in [6.45, 7) is 6.59. The zero-order valence-electron chi connectivity index (χ0n) is 18.7. The largest absolute Gasteiger partial charge is 0.481 e. The summed E-state index contributed by atoms with van der Waals surface area (Å²) >= 11 is 0. The van der Waals surface area contributed by atoms with E-state index in [0.717, 1.165) is 6.07 Å². The monoisotopic (exact) mass is 470 g/mol. The topological polar surface area (TPSA) is 178 Å². The summed E-state index contributed by atoms with van der Waals surface area (Å²) in [5, 5.41) is 31.8. The number of hydrogen-bond donors (Lipinski definition) is 1. The maximum absolute atomic E-state index is 12.9. The average molecular weight is 470 g/mol. The summed E-state index contributed by atoms with van der Waals surface area (Å²) in [6.07, 6.45) is -1.30. The molecule has 0 unspecified atom stereocenters. The lowest BCUT2D eigenvalue weighted by atomic mass is 9.89. The first-order valence-electron chi connectivity index (χ1n) is 10.0. The van der Waals surface area contributed by atoms with Crippen LogP contribution in [-0.4, -0.2) is 52.3 Å². The van der Waals surface area contributed by atoms with Gasteiger partial charge in [0.05, 0.1) is 52.1 Å². The van der Waals surface area contributed by atoms with Crippen LogP contribution in [0.1, 0.15) is 52.4 Å². The van der Waals surface area contributed by atoms with Gasteiger partial charge in [-0.2, -0.15) is 0 Å². The molecule has 1 fully saturated rings. The molecular formula is C20H26N2O11. The van der Waals surface area contributed by atoms with Gasteiger partial charge in [-0.3, -0.25) is 29.8 Å². The maximum Gasteiger partial charge on any atom is 0.319 e. The predicted molar refractivity (Wildman–Crippen MR) is 111 cm³/mol. The van der Waals surface area contributed by atoms with Crippen LogP contribution in [0.5, 0.6) is 5.75 Å². The number of nitro benzene ring substituents is 2. The van der Waals surface area contributed by atoms with Gasteiger partial charge in [-0.05, 0) is 34.1 Å². The molecule has 0 aliphatic carbocycles. The molecule has 1 aromatic carbocycles. The fourth-order valence-electron chi connectivity index (χ4n) is 3.02. The minimum atomic E-state index is -1.19. The summed E-state index contributed by atoms with van der Waals surface area (Å²) in [7, 11) is 0. The van der Waals surface area contributed by atoms with E-state index in [1.807, 2.05) is 0 Å². The van der Waals surface area contributed by atoms with E-state index in [4.69, 9.17) is 24.1 Å². The minimum Gasteiger partial charge on any atom is -0.481 e. The van der Waals surface area contributed by atoms with Crippen molar-refractivity contribution < 1.29 is 43.5 Å². The number of carbonyl (C=O) groups is 2. The molecule has 0 aromatic heterocycles. The van der Waals surface area contributed by atoms with Crippen molar-refractivity contribution in [1.29, 1.82) is 0 Å². The number of nitro groups is 2. The number of non-ortho nitro benzene ring substituents is 1. The van der Waals surface area contributed by atoms with Gasteiger partial charge in [0.2, 0.25) is 5.75 Å². The summed E-state index contributed by atoms with van der Waals surface area (Å²) in [5.41, 5.74) is -3.65. The van der Waals surface area contributed by atoms with Crippen molar-refractivity contribution in [2.45, 2.75) is 52.4 Å². The Morgan fingerprint density at radius 3 is 2.24 bits per heavy atom. The fourth-order valence-corrected chi connectivity index (χ4v) is 3.02. The molecule has 182 valence electrons. The molecule has 1 N–H and O–H groups in total. The van der Waals surface area contributed by atoms with Crippen LogP contribution in [0.4, 0.5) is 11.4 Å². The van der Waals surface area contributed by atoms with Crippen molar-refractivity contribution in [3.8, 4) is 5.75 Å². The Bertz CT molecular complexity index is 936. The second-order valence-corrected chi connectivity index (χ2v) is 8.67. The van der Waals surface area contributed by atoms with Gasteiger partial charge in [0.15, 0.2) is 6.29 Å². The van der Waals surface area contributed by atoms with E-state index >= 15 is 0 Å². The first kappa shape index (κ1) is 26.1. The zero-order valence-corrected chi connectivity index (χ0v) is 18.7. The summed E-state index contributed by atoms with van der Waals surface area (Å²) in [6, 6.07) is 1.71. The normalized spacial score (nSPS) is 14.8. The van der Waals surface area contributed by atoms with Gasteiger partial charge in [-0.15, -0.1) is 0 Å². The van der Waals surface area contributed by atoms with Crippen molar-refractivity contribution in [3.63, 3.8) is 0 Å². The number of ether oxygens (including phenoxy) is 4. The molecule has 13 nitrogen and oxygen atoms in total. The summed E-state index contributed by atoms with van der Waals surface area (Å²) in [5.74, 6) is -2.38. The van der Waals surface area contributed by atoms with Crippen molar-refractivity contribution in [2.24, 2.45) is 5.41 Å². The molecule has 0 amide bonds. The van der Waals surface area contributed by atoms with Crippen LogP contribution in [0.2, 0.25) is 0 Å². The van der Waals surface area contributed by atoms with Crippen LogP contribution in [0.3, 0.4) is 0 Å². The predicted octanol–water partition coefficient (Wildman–Crippen LogP) is 3.14. The number of nitrogens with zero attached hydrogens (tertiary/aromatic N) is 2. The van der Waals surface area contributed by atoms with Gasteiger partial charge in [0.1, 0.15) is 0 Å². The number of benzene rings is 1. The lowest BCUT2D eigenvalue weighted by molar-refractivity contribution is -0.394. The SMILES string of the molecule is CC(C)(CC(=O)O)OCCC(C)(C)C(=O)Oc1c(C2OCCO2)cc([N+](=O)[O-])cc1[N+](=O)[O-]. The maximum atomic E-state index is 12.9. The highest BCUT2D eigenvalue weighted by Crippen LogP contribution is 2.42. The summed E-state index contributed by atoms with van der Waals surface area (Å²) in [4.78, 5) is 45.0. The third-order valence-electron chi connectivity index (χ3n) is 4.91. The van der Waals surface area contributed by atoms with Gasteiger partial charge in [0.25, 0.3) is 5.69 Å². The number of carboxylic acids is 1. The van der Waals surface area contributed by atoms with E-state index in [0.29, 0.717) is 6.07 Å². The second kappa shape index (κ2) is 10.2. The number of rotatable bonds is 11. The van der Waals surface area contributed by atoms with Gasteiger partial charge >= 0.3 is 17.6 Å². The van der Waals surface area contributed by atoms with Gasteiger partial charge < -0.3 is 24.1 Å². The quantitative estimate of drug-likeness (QED) is 0.217. The molecule has 1 aliphatic heterocycles. The molecule has 1 aromatic rings. The second-order valence-electron chi connectivity index (χ2n) is 8.67. The number of carboxylic acid groups (broad SMARTS) is 1. The number of carbonyl (C=O) groups excluding carboxylic acids is 1. The van der Waals surface area contributed by atoms with E-state index in [9.17, 15) is 29.8 Å². The van der Waals surface area contributed by atoms with Gasteiger partial charge in [0, 0.05) is 12.7 Å². The Morgan fingerprint density at radius 1 is 1.12 bits per heavy atom. The highest BCUT2D eigenvalue weighted by molar-refractivity contribution is 5.80. The lowest BCUT2D eigenvalue weighted by Crippen LogP contribution is -2.34. The molecule has 1 saturated heterocycles. The van der Waals surface area contributed by atoms with Crippen molar-refractivity contribution in [1.82, 2.24) is 0 Å². The molecule has 0 saturated carbocycles. The Labute approximate surface area is 188 Å². The van der Waals surface area contributed by atoms with Crippen LogP contribution in [0.25, 0.3) is 0 Å². The molecule has 0 atom stereocenters. The highest BCUT2D eigenvalue weighted by atomic mass is 16.7. The van der Waals surface area contributed by atoms with E-state index in [-0.39, 0.29) is 38.2 Å². The third kappa shape index (κ3) is 6.91. The first-order valence-corrected chi connectivity index (χ1v) is 10.0. The molecular weight excluding hydrogens is 444 g/mol. The fraction of sp³-hybridized carbons (Fsp3) is 0.600. The van der Waals surface area contributed by atoms with Crippen molar-refractivity contribution in [3.05, 3.63) is 37.9 Å². The third-order valence-corrected chi connectivity index (χ3v) is 4.91. The van der Waals surface area contributed by atoms with E-state index in [2.05, 4.69) is 0 Å². The van der Waals surface area contributed by atoms with Crippen molar-refractivity contribution >= 4 is 23.3 Å². The van der Waals surface area contributed by atoms with Crippen LogP contribution in [0, 0.1) is 25.6 Å². The smallest absolute Gasteiger partial charge is 0.319 e. The number of hydrogen-bond acceptors (Lipinski definition) is 10. The van der Waals surface area contributed by atoms with Gasteiger partial charge in [-0.25, -0.2) is 0 Å². The molecule has 2 rings (SSSR count). The standard InChI is InChI=1S/C20H26N2O11/c1-19(2,5-6-32-20(3,4)11-15(23)24)18(25)33-16-13(17-30-7-8-31-17)9-12(21(26)27)10-14(16)22(28)29/h9-10,17H,5-8,11H2,1-4H3,(H,23,24). The van der Waals surface area contributed by atoms with Crippen LogP contribution in [-0.2, 0) is 23.8 Å². The van der Waals surface area contributed by atoms with Crippen molar-refractivity contribution in [2.75, 3.05) is 19.8 Å². The van der Waals surface area contributed by atoms with E-state index in [1.54, 1.807) is 13.8 Å². The average Bonchev–Trinajstić information content (AvgIpc) is 3.20. The molecule has 33 heavy (non-hydrogen) atoms. The van der Waals surface area contributed by atoms with E-state index in [1.165, 1.54) is 13.8 Å². The Balaban J connectivity index is 2.28. The van der Waals surface area contributed by atoms with E-state index < -0.39 is 56.2 Å². The number of aliphatic carboxylic acids is 1. The molecule has 13 heteroatoms. The van der Waals surface area contributed by atoms with Crippen LogP contribution in [0.15, 0.2) is 12.1 Å². The molecule has 1 aliphatic rings. The Kier molecular flexibility index (Phi) is 8.06. The Hall–Kier alpha value is -3.16. The van der Waals surface area contributed by atoms with Crippen LogP contribution >= 0.6 is 0 Å². The lowest BCUT2D eigenvalue weighted by Gasteiger charge is -2.27. The van der Waals surface area contributed by atoms with Crippen LogP contribution < -0.4 is 4.74 Å².